The van der Waals surface area contributed by atoms with Gasteiger partial charge in [-0.1, -0.05) is 30.3 Å². The Hall–Kier alpha value is -3.62. The Morgan fingerprint density at radius 2 is 1.76 bits per heavy atom. The van der Waals surface area contributed by atoms with E-state index in [2.05, 4.69) is 21.3 Å². The number of nitrogens with one attached hydrogen (secondary N) is 1. The Bertz CT molecular complexity index is 1190. The summed E-state index contributed by atoms with van der Waals surface area (Å²) in [4.78, 5) is 29.6. The van der Waals surface area contributed by atoms with Crippen LogP contribution in [0.3, 0.4) is 0 Å². The number of hydrogen-bond acceptors (Lipinski definition) is 5. The summed E-state index contributed by atoms with van der Waals surface area (Å²) in [6.07, 6.45) is 0.304. The molecule has 1 aliphatic rings. The van der Waals surface area contributed by atoms with E-state index in [4.69, 9.17) is 11.5 Å². The lowest BCUT2D eigenvalue weighted by Crippen LogP contribution is -2.42. The summed E-state index contributed by atoms with van der Waals surface area (Å²) in [5.41, 5.74) is 14.4. The van der Waals surface area contributed by atoms with E-state index in [9.17, 15) is 14.0 Å². The highest BCUT2D eigenvalue weighted by atomic mass is 19.1. The minimum Gasteiger partial charge on any atom is -0.364 e. The molecule has 0 aliphatic carbocycles. The molecule has 1 aromatic heterocycles. The van der Waals surface area contributed by atoms with Crippen LogP contribution in [0.25, 0.3) is 11.1 Å². The molecule has 0 radical (unpaired) electrons. The van der Waals surface area contributed by atoms with E-state index in [-0.39, 0.29) is 17.2 Å². The van der Waals surface area contributed by atoms with Crippen LogP contribution in [0.5, 0.6) is 0 Å². The highest BCUT2D eigenvalue weighted by molar-refractivity contribution is 5.96. The highest BCUT2D eigenvalue weighted by Gasteiger charge is 2.16. The van der Waals surface area contributed by atoms with E-state index in [0.717, 1.165) is 49.4 Å². The first kappa shape index (κ1) is 22.6. The van der Waals surface area contributed by atoms with Crippen molar-refractivity contribution in [1.29, 1.82) is 0 Å². The Morgan fingerprint density at radius 3 is 2.48 bits per heavy atom. The number of nitrogens with zero attached hydrogens (tertiary/aromatic N) is 2. The van der Waals surface area contributed by atoms with Crippen LogP contribution in [0.2, 0.25) is 0 Å². The fourth-order valence-electron chi connectivity index (χ4n) is 4.07. The zero-order valence-corrected chi connectivity index (χ0v) is 18.2. The molecule has 1 saturated heterocycles. The molecule has 2 aromatic carbocycles. The SMILES string of the molecule is NC(=O)c1ccc(Cc2ccc(F)c(-c3cccc(CN4CCNCC4)c3)c2)c(C(N)=O)n1. The lowest BCUT2D eigenvalue weighted by Gasteiger charge is -2.27. The molecule has 2 heterocycles. The number of aromatic nitrogens is 1. The molecule has 0 saturated carbocycles. The fraction of sp³-hybridized carbons (Fsp3) is 0.240. The van der Waals surface area contributed by atoms with Crippen molar-refractivity contribution in [3.05, 3.63) is 88.5 Å². The van der Waals surface area contributed by atoms with Crippen molar-refractivity contribution in [2.45, 2.75) is 13.0 Å². The molecular formula is C25H26FN5O2. The first-order valence-electron chi connectivity index (χ1n) is 10.8. The quantitative estimate of drug-likeness (QED) is 0.513. The van der Waals surface area contributed by atoms with Crippen LogP contribution >= 0.6 is 0 Å². The predicted octanol–water partition coefficient (Wildman–Crippen LogP) is 2.08. The van der Waals surface area contributed by atoms with Crippen LogP contribution in [0, 0.1) is 5.82 Å². The van der Waals surface area contributed by atoms with Crippen LogP contribution in [0.1, 0.15) is 37.7 Å². The van der Waals surface area contributed by atoms with Gasteiger partial charge in [0.05, 0.1) is 0 Å². The standard InChI is InChI=1S/C25H26FN5O2/c26-21-6-4-16(12-19-5-7-22(24(27)32)30-23(19)25(28)33)14-20(21)18-3-1-2-17(13-18)15-31-10-8-29-9-11-31/h1-7,13-14,29H,8-12,15H2,(H2,27,32)(H2,28,33). The number of pyridine rings is 1. The van der Waals surface area contributed by atoms with Gasteiger partial charge in [-0.15, -0.1) is 0 Å². The molecule has 7 nitrogen and oxygen atoms in total. The van der Waals surface area contributed by atoms with Crippen molar-refractivity contribution >= 4 is 11.8 Å². The number of carbonyl (C=O) groups is 2. The lowest BCUT2D eigenvalue weighted by molar-refractivity contribution is 0.0991. The Labute approximate surface area is 191 Å². The molecule has 1 aliphatic heterocycles. The maximum absolute atomic E-state index is 14.8. The fourth-order valence-corrected chi connectivity index (χ4v) is 4.07. The van der Waals surface area contributed by atoms with Gasteiger partial charge in [0, 0.05) is 38.3 Å². The zero-order chi connectivity index (χ0) is 23.4. The van der Waals surface area contributed by atoms with Gasteiger partial charge < -0.3 is 16.8 Å². The van der Waals surface area contributed by atoms with Crippen LogP contribution < -0.4 is 16.8 Å². The average molecular weight is 448 g/mol. The highest BCUT2D eigenvalue weighted by Crippen LogP contribution is 2.27. The predicted molar refractivity (Wildman–Crippen MR) is 124 cm³/mol. The molecule has 0 unspecified atom stereocenters. The first-order chi connectivity index (χ1) is 15.9. The van der Waals surface area contributed by atoms with Gasteiger partial charge in [0.25, 0.3) is 11.8 Å². The third kappa shape index (κ3) is 5.42. The maximum Gasteiger partial charge on any atom is 0.267 e. The topological polar surface area (TPSA) is 114 Å². The van der Waals surface area contributed by atoms with Gasteiger partial charge in [-0.2, -0.15) is 0 Å². The third-order valence-electron chi connectivity index (χ3n) is 5.74. The van der Waals surface area contributed by atoms with Crippen molar-refractivity contribution < 1.29 is 14.0 Å². The summed E-state index contributed by atoms with van der Waals surface area (Å²) in [6.45, 7) is 4.73. The number of carbonyl (C=O) groups excluding carboxylic acids is 2. The van der Waals surface area contributed by atoms with Crippen LogP contribution in [-0.4, -0.2) is 47.9 Å². The normalized spacial score (nSPS) is 14.2. The zero-order valence-electron chi connectivity index (χ0n) is 18.2. The van der Waals surface area contributed by atoms with Gasteiger partial charge in [0.2, 0.25) is 0 Å². The molecule has 0 bridgehead atoms. The summed E-state index contributed by atoms with van der Waals surface area (Å²) >= 11 is 0. The van der Waals surface area contributed by atoms with Crippen molar-refractivity contribution in [2.24, 2.45) is 11.5 Å². The van der Waals surface area contributed by atoms with E-state index in [1.807, 2.05) is 18.2 Å². The minimum absolute atomic E-state index is 0.0183. The largest absolute Gasteiger partial charge is 0.364 e. The molecule has 1 fully saturated rings. The van der Waals surface area contributed by atoms with E-state index >= 15 is 0 Å². The molecule has 4 rings (SSSR count). The molecule has 0 atom stereocenters. The van der Waals surface area contributed by atoms with Gasteiger partial charge in [-0.05, 0) is 52.9 Å². The molecule has 8 heteroatoms. The van der Waals surface area contributed by atoms with E-state index in [1.54, 1.807) is 18.2 Å². The Kier molecular flexibility index (Phi) is 6.76. The average Bonchev–Trinajstić information content (AvgIpc) is 2.81. The summed E-state index contributed by atoms with van der Waals surface area (Å²) in [7, 11) is 0. The minimum atomic E-state index is -0.754. The summed E-state index contributed by atoms with van der Waals surface area (Å²) in [6, 6.07) is 15.8. The van der Waals surface area contributed by atoms with Gasteiger partial charge in [0.15, 0.2) is 0 Å². The summed E-state index contributed by atoms with van der Waals surface area (Å²) in [5.74, 6) is -1.82. The number of nitrogens with two attached hydrogens (primary N) is 2. The summed E-state index contributed by atoms with van der Waals surface area (Å²) < 4.78 is 14.8. The number of amides is 2. The lowest BCUT2D eigenvalue weighted by atomic mass is 9.96. The van der Waals surface area contributed by atoms with E-state index in [1.165, 1.54) is 12.1 Å². The molecule has 170 valence electrons. The van der Waals surface area contributed by atoms with Gasteiger partial charge >= 0.3 is 0 Å². The van der Waals surface area contributed by atoms with Gasteiger partial charge in [0.1, 0.15) is 17.2 Å². The monoisotopic (exact) mass is 447 g/mol. The van der Waals surface area contributed by atoms with Crippen molar-refractivity contribution in [1.82, 2.24) is 15.2 Å². The number of hydrogen-bond donors (Lipinski definition) is 3. The third-order valence-corrected chi connectivity index (χ3v) is 5.74. The van der Waals surface area contributed by atoms with Crippen molar-refractivity contribution in [3.8, 4) is 11.1 Å². The molecule has 33 heavy (non-hydrogen) atoms. The number of halogens is 1. The number of benzene rings is 2. The smallest absolute Gasteiger partial charge is 0.267 e. The number of primary amides is 2. The van der Waals surface area contributed by atoms with Crippen molar-refractivity contribution in [2.75, 3.05) is 26.2 Å². The molecule has 2 amide bonds. The Morgan fingerprint density at radius 1 is 0.970 bits per heavy atom. The van der Waals surface area contributed by atoms with Gasteiger partial charge in [-0.3, -0.25) is 14.5 Å². The molecule has 5 N–H and O–H groups in total. The summed E-state index contributed by atoms with van der Waals surface area (Å²) in [5, 5.41) is 3.34. The molecular weight excluding hydrogens is 421 g/mol. The molecule has 3 aromatic rings. The van der Waals surface area contributed by atoms with E-state index < -0.39 is 11.8 Å². The second-order valence-electron chi connectivity index (χ2n) is 8.15. The second-order valence-corrected chi connectivity index (χ2v) is 8.15. The molecule has 0 spiro atoms. The van der Waals surface area contributed by atoms with Crippen LogP contribution in [-0.2, 0) is 13.0 Å². The Balaban J connectivity index is 1.61. The maximum atomic E-state index is 14.8. The first-order valence-corrected chi connectivity index (χ1v) is 10.8. The second kappa shape index (κ2) is 9.89. The van der Waals surface area contributed by atoms with Gasteiger partial charge in [-0.25, -0.2) is 9.37 Å². The van der Waals surface area contributed by atoms with Crippen molar-refractivity contribution in [3.63, 3.8) is 0 Å². The van der Waals surface area contributed by atoms with Crippen LogP contribution in [0.4, 0.5) is 4.39 Å². The van der Waals surface area contributed by atoms with Crippen LogP contribution in [0.15, 0.2) is 54.6 Å². The van der Waals surface area contributed by atoms with E-state index in [0.29, 0.717) is 17.5 Å². The number of rotatable bonds is 7. The number of piperazine rings is 1.